The van der Waals surface area contributed by atoms with Crippen LogP contribution in [0.3, 0.4) is 0 Å². The number of benzene rings is 4. The van der Waals surface area contributed by atoms with Crippen molar-refractivity contribution in [3.8, 4) is 0 Å². The Morgan fingerprint density at radius 1 is 0.778 bits per heavy atom. The number of para-hydroxylation sites is 2. The van der Waals surface area contributed by atoms with E-state index >= 15 is 0 Å². The Morgan fingerprint density at radius 2 is 1.47 bits per heavy atom. The van der Waals surface area contributed by atoms with E-state index in [0.29, 0.717) is 35.6 Å². The summed E-state index contributed by atoms with van der Waals surface area (Å²) in [4.78, 5) is 28.5. The van der Waals surface area contributed by atoms with Gasteiger partial charge in [-0.15, -0.1) is 0 Å². The first-order chi connectivity index (χ1) is 17.6. The number of fused-ring (bicyclic) bond motifs is 1. The molecule has 4 aromatic carbocycles. The molecular weight excluding hydrogens is 446 g/mol. The van der Waals surface area contributed by atoms with Gasteiger partial charge in [-0.25, -0.2) is 0 Å². The molecule has 1 aliphatic rings. The molecule has 5 rings (SSSR count). The van der Waals surface area contributed by atoms with Crippen molar-refractivity contribution in [3.05, 3.63) is 131 Å². The van der Waals surface area contributed by atoms with Crippen LogP contribution in [0.25, 0.3) is 11.6 Å². The first-order valence-corrected chi connectivity index (χ1v) is 12.0. The van der Waals surface area contributed by atoms with E-state index in [9.17, 15) is 9.59 Å². The van der Waals surface area contributed by atoms with E-state index in [-0.39, 0.29) is 11.8 Å². The van der Waals surface area contributed by atoms with Gasteiger partial charge in [-0.3, -0.25) is 9.59 Å². The number of nitrogens with two attached hydrogens (primary N) is 1. The molecule has 0 saturated carbocycles. The Labute approximate surface area is 210 Å². The van der Waals surface area contributed by atoms with Crippen LogP contribution in [0.1, 0.15) is 32.6 Å². The van der Waals surface area contributed by atoms with Crippen LogP contribution < -0.4 is 11.1 Å². The number of carbonyl (C=O) groups is 2. The van der Waals surface area contributed by atoms with Crippen molar-refractivity contribution in [2.45, 2.75) is 13.0 Å². The summed E-state index contributed by atoms with van der Waals surface area (Å²) in [6.45, 7) is 1.07. The largest absolute Gasteiger partial charge is 0.397 e. The number of nitrogen functional groups attached to an aromatic ring is 1. The average molecular weight is 474 g/mol. The normalized spacial score (nSPS) is 13.1. The molecule has 3 N–H and O–H groups in total. The molecule has 4 aromatic rings. The summed E-state index contributed by atoms with van der Waals surface area (Å²) in [7, 11) is 0. The smallest absolute Gasteiger partial charge is 0.255 e. The van der Waals surface area contributed by atoms with E-state index in [4.69, 9.17) is 5.73 Å². The summed E-state index contributed by atoms with van der Waals surface area (Å²) < 4.78 is 0. The van der Waals surface area contributed by atoms with E-state index in [1.165, 1.54) is 0 Å². The second kappa shape index (κ2) is 10.3. The van der Waals surface area contributed by atoms with Gasteiger partial charge in [0.2, 0.25) is 0 Å². The number of hydrogen-bond acceptors (Lipinski definition) is 3. The number of nitrogens with one attached hydrogen (secondary N) is 1. The standard InChI is InChI=1S/C31H27N3O2/c32-28-13-7-8-14-29(28)33-30(35)25-16-15-23-17-18-34(21-26(23)20-25)31(36)27(24-11-5-2-6-12-24)19-22-9-3-1-4-10-22/h1-16,19-20H,17-18,21,32H2,(H,33,35). The molecule has 0 fully saturated rings. The zero-order chi connectivity index (χ0) is 24.9. The first kappa shape index (κ1) is 23.1. The lowest BCUT2D eigenvalue weighted by molar-refractivity contribution is -0.125. The predicted molar refractivity (Wildman–Crippen MR) is 145 cm³/mol. The van der Waals surface area contributed by atoms with Crippen LogP contribution in [0, 0.1) is 0 Å². The van der Waals surface area contributed by atoms with Crippen molar-refractivity contribution in [1.29, 1.82) is 0 Å². The SMILES string of the molecule is Nc1ccccc1NC(=O)c1ccc2c(c1)CN(C(=O)C(=Cc1ccccc1)c1ccccc1)CC2. The monoisotopic (exact) mass is 473 g/mol. The minimum Gasteiger partial charge on any atom is -0.397 e. The van der Waals surface area contributed by atoms with E-state index in [0.717, 1.165) is 28.7 Å². The minimum atomic E-state index is -0.229. The molecular formula is C31H27N3O2. The van der Waals surface area contributed by atoms with E-state index < -0.39 is 0 Å². The number of carbonyl (C=O) groups excluding carboxylic acids is 2. The lowest BCUT2D eigenvalue weighted by Crippen LogP contribution is -2.36. The molecule has 1 aliphatic heterocycles. The van der Waals surface area contributed by atoms with Gasteiger partial charge in [-0.2, -0.15) is 0 Å². The summed E-state index contributed by atoms with van der Waals surface area (Å²) in [5, 5.41) is 2.88. The molecule has 2 amide bonds. The van der Waals surface area contributed by atoms with Gasteiger partial charge in [0.05, 0.1) is 11.4 Å². The van der Waals surface area contributed by atoms with Gasteiger partial charge in [0.15, 0.2) is 0 Å². The average Bonchev–Trinajstić information content (AvgIpc) is 2.93. The van der Waals surface area contributed by atoms with Crippen LogP contribution in [-0.4, -0.2) is 23.3 Å². The minimum absolute atomic E-state index is 0.0254. The molecule has 178 valence electrons. The topological polar surface area (TPSA) is 75.4 Å². The van der Waals surface area contributed by atoms with Crippen molar-refractivity contribution >= 4 is 34.8 Å². The maximum atomic E-state index is 13.8. The van der Waals surface area contributed by atoms with Crippen LogP contribution >= 0.6 is 0 Å². The van der Waals surface area contributed by atoms with Gasteiger partial charge in [0, 0.05) is 24.2 Å². The first-order valence-electron chi connectivity index (χ1n) is 12.0. The quantitative estimate of drug-likeness (QED) is 0.224. The van der Waals surface area contributed by atoms with Crippen molar-refractivity contribution in [3.63, 3.8) is 0 Å². The van der Waals surface area contributed by atoms with Crippen molar-refractivity contribution in [1.82, 2.24) is 4.90 Å². The summed E-state index contributed by atoms with van der Waals surface area (Å²) in [5.74, 6) is -0.254. The Balaban J connectivity index is 1.40. The molecule has 0 spiro atoms. The second-order valence-electron chi connectivity index (χ2n) is 8.84. The third-order valence-corrected chi connectivity index (χ3v) is 6.40. The summed E-state index contributed by atoms with van der Waals surface area (Å²) in [6.07, 6.45) is 2.68. The van der Waals surface area contributed by atoms with Gasteiger partial charge in [0.1, 0.15) is 0 Å². The highest BCUT2D eigenvalue weighted by Crippen LogP contribution is 2.27. The Kier molecular flexibility index (Phi) is 6.63. The Morgan fingerprint density at radius 3 is 2.22 bits per heavy atom. The van der Waals surface area contributed by atoms with Crippen molar-refractivity contribution in [2.75, 3.05) is 17.6 Å². The molecule has 0 unspecified atom stereocenters. The Hall–Kier alpha value is -4.64. The van der Waals surface area contributed by atoms with E-state index in [2.05, 4.69) is 5.32 Å². The number of nitrogens with zero attached hydrogens (tertiary/aromatic N) is 1. The van der Waals surface area contributed by atoms with Crippen LogP contribution in [0.15, 0.2) is 103 Å². The lowest BCUT2D eigenvalue weighted by Gasteiger charge is -2.30. The van der Waals surface area contributed by atoms with Crippen molar-refractivity contribution in [2.24, 2.45) is 0 Å². The Bertz CT molecular complexity index is 1430. The molecule has 0 saturated heterocycles. The third kappa shape index (κ3) is 5.05. The van der Waals surface area contributed by atoms with E-state index in [1.54, 1.807) is 12.1 Å². The van der Waals surface area contributed by atoms with Crippen LogP contribution in [0.4, 0.5) is 11.4 Å². The lowest BCUT2D eigenvalue weighted by atomic mass is 9.95. The fourth-order valence-electron chi connectivity index (χ4n) is 4.45. The van der Waals surface area contributed by atoms with Crippen molar-refractivity contribution < 1.29 is 9.59 Å². The third-order valence-electron chi connectivity index (χ3n) is 6.40. The van der Waals surface area contributed by atoms with Crippen LogP contribution in [0.2, 0.25) is 0 Å². The zero-order valence-electron chi connectivity index (χ0n) is 19.9. The zero-order valence-corrected chi connectivity index (χ0v) is 19.9. The highest BCUT2D eigenvalue weighted by Gasteiger charge is 2.25. The number of rotatable bonds is 5. The number of hydrogen-bond donors (Lipinski definition) is 2. The maximum absolute atomic E-state index is 13.8. The van der Waals surface area contributed by atoms with Gasteiger partial charge in [-0.1, -0.05) is 78.9 Å². The predicted octanol–water partition coefficient (Wildman–Crippen LogP) is 5.65. The molecule has 5 nitrogen and oxygen atoms in total. The number of amides is 2. The molecule has 36 heavy (non-hydrogen) atoms. The van der Waals surface area contributed by atoms with Gasteiger partial charge < -0.3 is 16.0 Å². The highest BCUT2D eigenvalue weighted by molar-refractivity contribution is 6.24. The summed E-state index contributed by atoms with van der Waals surface area (Å²) >= 11 is 0. The molecule has 0 aliphatic carbocycles. The summed E-state index contributed by atoms with van der Waals surface area (Å²) in [5.41, 5.74) is 12.2. The van der Waals surface area contributed by atoms with Gasteiger partial charge >= 0.3 is 0 Å². The van der Waals surface area contributed by atoms with Crippen LogP contribution in [0.5, 0.6) is 0 Å². The second-order valence-corrected chi connectivity index (χ2v) is 8.84. The molecule has 0 radical (unpaired) electrons. The summed E-state index contributed by atoms with van der Waals surface area (Å²) in [6, 6.07) is 32.5. The maximum Gasteiger partial charge on any atom is 0.255 e. The molecule has 0 bridgehead atoms. The van der Waals surface area contributed by atoms with Gasteiger partial charge in [-0.05, 0) is 59.0 Å². The van der Waals surface area contributed by atoms with E-state index in [1.807, 2.05) is 102 Å². The molecule has 5 heteroatoms. The molecule has 1 heterocycles. The fraction of sp³-hybridized carbons (Fsp3) is 0.0968. The van der Waals surface area contributed by atoms with Gasteiger partial charge in [0.25, 0.3) is 11.8 Å². The number of anilines is 2. The highest BCUT2D eigenvalue weighted by atomic mass is 16.2. The molecule has 0 aromatic heterocycles. The molecule has 0 atom stereocenters. The van der Waals surface area contributed by atoms with Crippen LogP contribution in [-0.2, 0) is 17.8 Å². The fourth-order valence-corrected chi connectivity index (χ4v) is 4.45.